The summed E-state index contributed by atoms with van der Waals surface area (Å²) in [6.07, 6.45) is 0. The maximum absolute atomic E-state index is 12.1. The third-order valence-corrected chi connectivity index (χ3v) is 4.29. The second-order valence-electron chi connectivity index (χ2n) is 4.04. The molecular weight excluding hydrogens is 321 g/mol. The summed E-state index contributed by atoms with van der Waals surface area (Å²) in [6.45, 7) is 4.81. The van der Waals surface area contributed by atoms with Gasteiger partial charge in [0.15, 0.2) is 0 Å². The molecule has 0 fully saturated rings. The molecule has 0 aliphatic rings. The van der Waals surface area contributed by atoms with Crippen LogP contribution in [0.15, 0.2) is 23.1 Å². The summed E-state index contributed by atoms with van der Waals surface area (Å²) in [5.41, 5.74) is -0.0345. The van der Waals surface area contributed by atoms with Gasteiger partial charge in [-0.1, -0.05) is 24.6 Å². The quantitative estimate of drug-likeness (QED) is 0.830. The van der Waals surface area contributed by atoms with Crippen molar-refractivity contribution in [1.29, 1.82) is 5.26 Å². The van der Waals surface area contributed by atoms with Crippen LogP contribution >= 0.6 is 24.0 Å². The van der Waals surface area contributed by atoms with E-state index in [2.05, 4.69) is 10.0 Å². The first-order valence-electron chi connectivity index (χ1n) is 5.84. The molecule has 5 nitrogen and oxygen atoms in total. The predicted molar refractivity (Wildman–Crippen MR) is 81.7 cm³/mol. The average Bonchev–Trinajstić information content (AvgIpc) is 2.36. The van der Waals surface area contributed by atoms with Crippen LogP contribution in [0.2, 0.25) is 5.02 Å². The molecule has 0 spiro atoms. The van der Waals surface area contributed by atoms with Gasteiger partial charge in [0.05, 0.1) is 10.6 Å². The molecule has 2 N–H and O–H groups in total. The Bertz CT molecular complexity index is 585. The van der Waals surface area contributed by atoms with Gasteiger partial charge in [0.1, 0.15) is 11.0 Å². The molecule has 0 saturated heterocycles. The van der Waals surface area contributed by atoms with Crippen LogP contribution in [0.5, 0.6) is 0 Å². The lowest BCUT2D eigenvalue weighted by atomic mass is 10.2. The fraction of sp³-hybridized carbons (Fsp3) is 0.417. The molecule has 0 radical (unpaired) electrons. The van der Waals surface area contributed by atoms with Crippen molar-refractivity contribution in [3.05, 3.63) is 28.8 Å². The van der Waals surface area contributed by atoms with Crippen LogP contribution in [-0.2, 0) is 10.0 Å². The number of nitriles is 1. The van der Waals surface area contributed by atoms with E-state index in [1.54, 1.807) is 0 Å². The first-order valence-corrected chi connectivity index (χ1v) is 7.70. The first-order chi connectivity index (χ1) is 8.92. The largest absolute Gasteiger partial charge is 0.313 e. The lowest BCUT2D eigenvalue weighted by Gasteiger charge is -2.14. The summed E-state index contributed by atoms with van der Waals surface area (Å²) >= 11 is 5.82. The molecule has 0 aliphatic carbocycles. The van der Waals surface area contributed by atoms with E-state index in [0.717, 1.165) is 6.54 Å². The molecule has 0 bridgehead atoms. The molecule has 1 aromatic rings. The number of rotatable bonds is 6. The van der Waals surface area contributed by atoms with Crippen molar-refractivity contribution in [2.24, 2.45) is 0 Å². The summed E-state index contributed by atoms with van der Waals surface area (Å²) < 4.78 is 26.7. The van der Waals surface area contributed by atoms with E-state index < -0.39 is 10.0 Å². The lowest BCUT2D eigenvalue weighted by Crippen LogP contribution is -2.38. The Morgan fingerprint density at radius 1 is 1.45 bits per heavy atom. The second-order valence-corrected chi connectivity index (χ2v) is 6.18. The van der Waals surface area contributed by atoms with E-state index in [1.165, 1.54) is 18.2 Å². The zero-order valence-electron chi connectivity index (χ0n) is 11.2. The third kappa shape index (κ3) is 4.93. The molecule has 112 valence electrons. The summed E-state index contributed by atoms with van der Waals surface area (Å²) in [5.74, 6) is 0. The van der Waals surface area contributed by atoms with Crippen molar-refractivity contribution < 1.29 is 8.42 Å². The second kappa shape index (κ2) is 8.45. The highest BCUT2D eigenvalue weighted by molar-refractivity contribution is 7.89. The molecular formula is C12H17Cl2N3O2S. The number of likely N-dealkylation sites (N-methyl/N-ethyl adjacent to an activating group) is 1. The minimum absolute atomic E-state index is 0. The number of hydrogen-bond donors (Lipinski definition) is 2. The number of benzene rings is 1. The maximum atomic E-state index is 12.1. The number of halogens is 2. The molecule has 20 heavy (non-hydrogen) atoms. The molecule has 0 unspecified atom stereocenters. The van der Waals surface area contributed by atoms with E-state index in [0.29, 0.717) is 0 Å². The Labute approximate surface area is 130 Å². The fourth-order valence-electron chi connectivity index (χ4n) is 1.57. The molecule has 0 aromatic heterocycles. The standard InChI is InChI=1S/C12H16ClN3O2S.ClH/c1-3-15-9(2)8-16-19(17,18)12-6-4-5-11(13)10(12)7-14;/h4-6,9,15-16H,3,8H2,1-2H3;1H/t9-;/m1./s1. The minimum Gasteiger partial charge on any atom is -0.313 e. The normalized spacial score (nSPS) is 12.3. The smallest absolute Gasteiger partial charge is 0.241 e. The van der Waals surface area contributed by atoms with E-state index in [1.807, 2.05) is 19.9 Å². The van der Waals surface area contributed by atoms with Gasteiger partial charge in [-0.3, -0.25) is 0 Å². The molecule has 0 heterocycles. The highest BCUT2D eigenvalue weighted by atomic mass is 35.5. The van der Waals surface area contributed by atoms with Crippen LogP contribution in [-0.4, -0.2) is 27.5 Å². The van der Waals surface area contributed by atoms with Gasteiger partial charge in [0, 0.05) is 12.6 Å². The molecule has 1 aromatic carbocycles. The number of sulfonamides is 1. The monoisotopic (exact) mass is 337 g/mol. The van der Waals surface area contributed by atoms with Crippen molar-refractivity contribution in [3.8, 4) is 6.07 Å². The summed E-state index contributed by atoms with van der Waals surface area (Å²) in [7, 11) is -3.74. The van der Waals surface area contributed by atoms with E-state index in [9.17, 15) is 8.42 Å². The number of nitrogens with zero attached hydrogens (tertiary/aromatic N) is 1. The van der Waals surface area contributed by atoms with Gasteiger partial charge in [-0.05, 0) is 25.6 Å². The van der Waals surface area contributed by atoms with Crippen LogP contribution in [0.4, 0.5) is 0 Å². The highest BCUT2D eigenvalue weighted by Crippen LogP contribution is 2.22. The van der Waals surface area contributed by atoms with Gasteiger partial charge >= 0.3 is 0 Å². The zero-order valence-corrected chi connectivity index (χ0v) is 13.6. The Morgan fingerprint density at radius 2 is 2.10 bits per heavy atom. The van der Waals surface area contributed by atoms with E-state index >= 15 is 0 Å². The van der Waals surface area contributed by atoms with Gasteiger partial charge in [-0.15, -0.1) is 12.4 Å². The van der Waals surface area contributed by atoms with Gasteiger partial charge in [-0.25, -0.2) is 13.1 Å². The van der Waals surface area contributed by atoms with Gasteiger partial charge in [-0.2, -0.15) is 5.26 Å². The Hall–Kier alpha value is -0.840. The summed E-state index contributed by atoms with van der Waals surface area (Å²) in [4.78, 5) is -0.0915. The van der Waals surface area contributed by atoms with E-state index in [-0.39, 0.29) is 40.5 Å². The van der Waals surface area contributed by atoms with Crippen LogP contribution in [0, 0.1) is 11.3 Å². The summed E-state index contributed by atoms with van der Waals surface area (Å²) in [6, 6.07) is 6.18. The zero-order chi connectivity index (χ0) is 14.5. The number of nitrogens with one attached hydrogen (secondary N) is 2. The topological polar surface area (TPSA) is 82.0 Å². The first kappa shape index (κ1) is 19.2. The molecule has 1 rings (SSSR count). The lowest BCUT2D eigenvalue weighted by molar-refractivity contribution is 0.536. The average molecular weight is 338 g/mol. The minimum atomic E-state index is -3.74. The molecule has 0 amide bonds. The van der Waals surface area contributed by atoms with Crippen molar-refractivity contribution in [3.63, 3.8) is 0 Å². The Kier molecular flexibility index (Phi) is 8.09. The van der Waals surface area contributed by atoms with Crippen LogP contribution < -0.4 is 10.0 Å². The van der Waals surface area contributed by atoms with Crippen LogP contribution in [0.3, 0.4) is 0 Å². The Balaban J connectivity index is 0.00000361. The van der Waals surface area contributed by atoms with Gasteiger partial charge < -0.3 is 5.32 Å². The molecule has 1 atom stereocenters. The predicted octanol–water partition coefficient (Wildman–Crippen LogP) is 1.91. The van der Waals surface area contributed by atoms with Gasteiger partial charge in [0.2, 0.25) is 10.0 Å². The Morgan fingerprint density at radius 3 is 2.65 bits per heavy atom. The van der Waals surface area contributed by atoms with Crippen molar-refractivity contribution >= 4 is 34.0 Å². The van der Waals surface area contributed by atoms with Crippen molar-refractivity contribution in [2.45, 2.75) is 24.8 Å². The van der Waals surface area contributed by atoms with Crippen LogP contribution in [0.1, 0.15) is 19.4 Å². The number of hydrogen-bond acceptors (Lipinski definition) is 4. The fourth-order valence-corrected chi connectivity index (χ4v) is 3.15. The van der Waals surface area contributed by atoms with E-state index in [4.69, 9.17) is 16.9 Å². The molecule has 0 aliphatic heterocycles. The van der Waals surface area contributed by atoms with Crippen molar-refractivity contribution in [2.75, 3.05) is 13.1 Å². The highest BCUT2D eigenvalue weighted by Gasteiger charge is 2.20. The molecule has 8 heteroatoms. The molecule has 0 saturated carbocycles. The summed E-state index contributed by atoms with van der Waals surface area (Å²) in [5, 5.41) is 12.2. The van der Waals surface area contributed by atoms with Gasteiger partial charge in [0.25, 0.3) is 0 Å². The maximum Gasteiger partial charge on any atom is 0.241 e. The van der Waals surface area contributed by atoms with Crippen molar-refractivity contribution in [1.82, 2.24) is 10.0 Å². The SMILES string of the molecule is CCN[C@H](C)CNS(=O)(=O)c1cccc(Cl)c1C#N.Cl. The van der Waals surface area contributed by atoms with Crippen LogP contribution in [0.25, 0.3) is 0 Å². The third-order valence-electron chi connectivity index (χ3n) is 2.51.